The molecule has 1 aliphatic heterocycles. The Kier molecular flexibility index (Phi) is 4.06. The average molecular weight is 272 g/mol. The van der Waals surface area contributed by atoms with Gasteiger partial charge in [0.25, 0.3) is 0 Å². The summed E-state index contributed by atoms with van der Waals surface area (Å²) in [6, 6.07) is 9.42. The van der Waals surface area contributed by atoms with Gasteiger partial charge in [-0.05, 0) is 49.8 Å². The van der Waals surface area contributed by atoms with Gasteiger partial charge in [0.1, 0.15) is 0 Å². The van der Waals surface area contributed by atoms with Crippen LogP contribution in [0, 0.1) is 0 Å². The Morgan fingerprint density at radius 3 is 2.85 bits per heavy atom. The number of nitrogens with zero attached hydrogens (tertiary/aromatic N) is 1. The summed E-state index contributed by atoms with van der Waals surface area (Å²) < 4.78 is 0. The number of nitrogens with one attached hydrogen (secondary N) is 1. The normalized spacial score (nSPS) is 25.2. The second-order valence-corrected chi connectivity index (χ2v) is 6.17. The van der Waals surface area contributed by atoms with Crippen molar-refractivity contribution in [1.29, 1.82) is 0 Å². The van der Waals surface area contributed by atoms with Crippen LogP contribution in [0.25, 0.3) is 0 Å². The van der Waals surface area contributed by atoms with Gasteiger partial charge in [0.05, 0.1) is 0 Å². The highest BCUT2D eigenvalue weighted by atomic mass is 16.2. The minimum atomic E-state index is 0.300. The van der Waals surface area contributed by atoms with Gasteiger partial charge >= 0.3 is 0 Å². The summed E-state index contributed by atoms with van der Waals surface area (Å²) in [5, 5.41) is 3.41. The van der Waals surface area contributed by atoms with Crippen molar-refractivity contribution < 1.29 is 4.79 Å². The number of hydrogen-bond acceptors (Lipinski definition) is 2. The van der Waals surface area contributed by atoms with E-state index in [0.717, 1.165) is 32.2 Å². The van der Waals surface area contributed by atoms with Crippen LogP contribution in [0.2, 0.25) is 0 Å². The third-order valence-electron chi connectivity index (χ3n) is 4.85. The van der Waals surface area contributed by atoms with Gasteiger partial charge in [-0.15, -0.1) is 0 Å². The number of benzene rings is 1. The van der Waals surface area contributed by atoms with E-state index in [0.29, 0.717) is 24.4 Å². The highest BCUT2D eigenvalue weighted by Gasteiger charge is 2.27. The van der Waals surface area contributed by atoms with Crippen molar-refractivity contribution in [3.63, 3.8) is 0 Å². The molecule has 0 radical (unpaired) electrons. The number of aryl methyl sites for hydroxylation is 1. The fourth-order valence-corrected chi connectivity index (χ4v) is 3.50. The van der Waals surface area contributed by atoms with E-state index in [1.165, 1.54) is 17.5 Å². The molecule has 3 heteroatoms. The van der Waals surface area contributed by atoms with Crippen LogP contribution in [-0.4, -0.2) is 36.5 Å². The molecule has 0 bridgehead atoms. The van der Waals surface area contributed by atoms with Crippen LogP contribution in [0.3, 0.4) is 0 Å². The van der Waals surface area contributed by atoms with Gasteiger partial charge in [0.2, 0.25) is 5.91 Å². The lowest BCUT2D eigenvalue weighted by molar-refractivity contribution is -0.132. The van der Waals surface area contributed by atoms with Crippen molar-refractivity contribution in [3.05, 3.63) is 35.4 Å². The zero-order chi connectivity index (χ0) is 13.9. The van der Waals surface area contributed by atoms with Crippen LogP contribution < -0.4 is 5.32 Å². The van der Waals surface area contributed by atoms with Crippen LogP contribution in [-0.2, 0) is 17.6 Å². The molecule has 2 atom stereocenters. The van der Waals surface area contributed by atoms with Gasteiger partial charge in [0.15, 0.2) is 0 Å². The quantitative estimate of drug-likeness (QED) is 0.914. The third kappa shape index (κ3) is 2.88. The number of carbonyl (C=O) groups excluding carboxylic acids is 1. The molecule has 3 rings (SSSR count). The first kappa shape index (κ1) is 13.6. The summed E-state index contributed by atoms with van der Waals surface area (Å²) >= 11 is 0. The molecule has 0 saturated carbocycles. The zero-order valence-corrected chi connectivity index (χ0v) is 12.3. The summed E-state index contributed by atoms with van der Waals surface area (Å²) in [4.78, 5) is 14.4. The van der Waals surface area contributed by atoms with E-state index < -0.39 is 0 Å². The van der Waals surface area contributed by atoms with Crippen LogP contribution >= 0.6 is 0 Å². The Morgan fingerprint density at radius 1 is 1.30 bits per heavy atom. The Balaban J connectivity index is 1.60. The first-order valence-corrected chi connectivity index (χ1v) is 7.80. The van der Waals surface area contributed by atoms with E-state index in [-0.39, 0.29) is 0 Å². The predicted molar refractivity (Wildman–Crippen MR) is 80.7 cm³/mol. The Hall–Kier alpha value is -1.35. The Bertz CT molecular complexity index is 480. The Morgan fingerprint density at radius 2 is 2.10 bits per heavy atom. The van der Waals surface area contributed by atoms with E-state index in [4.69, 9.17) is 0 Å². The number of hydrogen-bond donors (Lipinski definition) is 1. The molecule has 108 valence electrons. The summed E-state index contributed by atoms with van der Waals surface area (Å²) in [7, 11) is 1.98. The van der Waals surface area contributed by atoms with Gasteiger partial charge in [-0.2, -0.15) is 0 Å². The van der Waals surface area contributed by atoms with Gasteiger partial charge in [-0.1, -0.05) is 24.3 Å². The van der Waals surface area contributed by atoms with Crippen LogP contribution in [0.1, 0.15) is 36.8 Å². The third-order valence-corrected chi connectivity index (χ3v) is 4.85. The molecule has 0 spiro atoms. The highest BCUT2D eigenvalue weighted by molar-refractivity contribution is 5.77. The van der Waals surface area contributed by atoms with Crippen molar-refractivity contribution in [2.45, 2.75) is 50.6 Å². The fourth-order valence-electron chi connectivity index (χ4n) is 3.50. The number of likely N-dealkylation sites (N-methyl/N-ethyl adjacent to an activating group) is 1. The summed E-state index contributed by atoms with van der Waals surface area (Å²) in [5.41, 5.74) is 2.88. The number of fused-ring (bicyclic) bond motifs is 1. The topological polar surface area (TPSA) is 32.3 Å². The van der Waals surface area contributed by atoms with Crippen molar-refractivity contribution in [3.8, 4) is 0 Å². The molecule has 1 amide bonds. The SMILES string of the molecule is CN(C(=O)CC1CCCN1)C1CCc2ccccc2C1. The molecule has 3 nitrogen and oxygen atoms in total. The van der Waals surface area contributed by atoms with Gasteiger partial charge in [0, 0.05) is 25.6 Å². The smallest absolute Gasteiger partial charge is 0.224 e. The van der Waals surface area contributed by atoms with E-state index in [2.05, 4.69) is 29.6 Å². The number of carbonyl (C=O) groups is 1. The maximum absolute atomic E-state index is 12.4. The maximum Gasteiger partial charge on any atom is 0.224 e. The second-order valence-electron chi connectivity index (χ2n) is 6.17. The molecule has 1 aliphatic carbocycles. The van der Waals surface area contributed by atoms with E-state index in [1.54, 1.807) is 0 Å². The van der Waals surface area contributed by atoms with E-state index in [9.17, 15) is 4.79 Å². The molecule has 2 unspecified atom stereocenters. The van der Waals surface area contributed by atoms with E-state index in [1.807, 2.05) is 11.9 Å². The molecule has 1 heterocycles. The van der Waals surface area contributed by atoms with Crippen molar-refractivity contribution in [2.75, 3.05) is 13.6 Å². The zero-order valence-electron chi connectivity index (χ0n) is 12.3. The predicted octanol–water partition coefficient (Wildman–Crippen LogP) is 2.14. The maximum atomic E-state index is 12.4. The molecule has 1 fully saturated rings. The van der Waals surface area contributed by atoms with Crippen molar-refractivity contribution in [2.24, 2.45) is 0 Å². The number of amides is 1. The van der Waals surface area contributed by atoms with Crippen LogP contribution in [0.15, 0.2) is 24.3 Å². The molecule has 1 aromatic carbocycles. The summed E-state index contributed by atoms with van der Waals surface area (Å²) in [5.74, 6) is 0.300. The van der Waals surface area contributed by atoms with Crippen LogP contribution in [0.4, 0.5) is 0 Å². The molecule has 1 N–H and O–H groups in total. The molecule has 1 aromatic rings. The average Bonchev–Trinajstić information content (AvgIpc) is 2.99. The van der Waals surface area contributed by atoms with Gasteiger partial charge < -0.3 is 10.2 Å². The molecule has 1 saturated heterocycles. The number of rotatable bonds is 3. The lowest BCUT2D eigenvalue weighted by atomic mass is 9.87. The lowest BCUT2D eigenvalue weighted by Crippen LogP contribution is -2.42. The van der Waals surface area contributed by atoms with Gasteiger partial charge in [-0.3, -0.25) is 4.79 Å². The van der Waals surface area contributed by atoms with Crippen molar-refractivity contribution >= 4 is 5.91 Å². The molecular weight excluding hydrogens is 248 g/mol. The minimum absolute atomic E-state index is 0.300. The first-order valence-electron chi connectivity index (χ1n) is 7.80. The summed E-state index contributed by atoms with van der Waals surface area (Å²) in [6.07, 6.45) is 6.22. The monoisotopic (exact) mass is 272 g/mol. The first-order chi connectivity index (χ1) is 9.74. The molecule has 2 aliphatic rings. The van der Waals surface area contributed by atoms with Crippen LogP contribution in [0.5, 0.6) is 0 Å². The summed E-state index contributed by atoms with van der Waals surface area (Å²) in [6.45, 7) is 1.07. The standard InChI is InChI=1S/C17H24N2O/c1-19(17(20)12-15-7-4-10-18-15)16-9-8-13-5-2-3-6-14(13)11-16/h2-3,5-6,15-16,18H,4,7-12H2,1H3. The lowest BCUT2D eigenvalue weighted by Gasteiger charge is -2.33. The molecule has 20 heavy (non-hydrogen) atoms. The van der Waals surface area contributed by atoms with E-state index >= 15 is 0 Å². The largest absolute Gasteiger partial charge is 0.342 e. The molecular formula is C17H24N2O. The molecule has 0 aromatic heterocycles. The second kappa shape index (κ2) is 5.96. The Labute approximate surface area is 121 Å². The van der Waals surface area contributed by atoms with Gasteiger partial charge in [-0.25, -0.2) is 0 Å². The fraction of sp³-hybridized carbons (Fsp3) is 0.588. The highest BCUT2D eigenvalue weighted by Crippen LogP contribution is 2.24. The van der Waals surface area contributed by atoms with Crippen molar-refractivity contribution in [1.82, 2.24) is 10.2 Å². The minimum Gasteiger partial charge on any atom is -0.342 e.